The molecule has 1 aromatic carbocycles. The number of hydrogen-bond acceptors (Lipinski definition) is 2. The van der Waals surface area contributed by atoms with Crippen molar-refractivity contribution in [1.82, 2.24) is 9.97 Å². The number of aromatic amines is 1. The number of nitrogens with one attached hydrogen (secondary N) is 1. The van der Waals surface area contributed by atoms with E-state index in [1.54, 1.807) is 12.1 Å². The molecule has 0 atom stereocenters. The van der Waals surface area contributed by atoms with Gasteiger partial charge in [-0.2, -0.15) is 0 Å². The highest BCUT2D eigenvalue weighted by Gasteiger charge is 2.20. The molecule has 1 saturated carbocycles. The van der Waals surface area contributed by atoms with Crippen molar-refractivity contribution in [3.05, 3.63) is 48.3 Å². The van der Waals surface area contributed by atoms with Gasteiger partial charge in [0.2, 0.25) is 0 Å². The first kappa shape index (κ1) is 12.5. The third-order valence-electron chi connectivity index (χ3n) is 4.56. The molecule has 106 valence electrons. The maximum atomic E-state index is 9.41. The highest BCUT2D eigenvalue weighted by atomic mass is 16.3. The van der Waals surface area contributed by atoms with Gasteiger partial charge in [-0.15, -0.1) is 0 Å². The minimum absolute atomic E-state index is 0.293. The van der Waals surface area contributed by atoms with E-state index in [0.717, 1.165) is 16.8 Å². The van der Waals surface area contributed by atoms with Gasteiger partial charge in [0.05, 0.1) is 0 Å². The first-order chi connectivity index (χ1) is 10.3. The molecule has 21 heavy (non-hydrogen) atoms. The van der Waals surface area contributed by atoms with Crippen LogP contribution in [0.2, 0.25) is 0 Å². The van der Waals surface area contributed by atoms with Gasteiger partial charge in [0.25, 0.3) is 0 Å². The Hall–Kier alpha value is -2.29. The van der Waals surface area contributed by atoms with Crippen LogP contribution in [0, 0.1) is 0 Å². The number of benzene rings is 1. The van der Waals surface area contributed by atoms with E-state index in [2.05, 4.69) is 22.2 Å². The van der Waals surface area contributed by atoms with Crippen LogP contribution in [0.5, 0.6) is 5.75 Å². The second-order valence-corrected chi connectivity index (χ2v) is 5.89. The van der Waals surface area contributed by atoms with Crippen LogP contribution in [-0.2, 0) is 0 Å². The van der Waals surface area contributed by atoms with Gasteiger partial charge < -0.3 is 10.1 Å². The minimum atomic E-state index is 0.293. The molecule has 0 aliphatic heterocycles. The topological polar surface area (TPSA) is 48.9 Å². The molecule has 1 aliphatic rings. The number of nitrogens with zero attached hydrogens (tertiary/aromatic N) is 1. The maximum absolute atomic E-state index is 9.41. The van der Waals surface area contributed by atoms with Crippen LogP contribution in [0.3, 0.4) is 0 Å². The van der Waals surface area contributed by atoms with Crippen molar-refractivity contribution in [1.29, 1.82) is 0 Å². The van der Waals surface area contributed by atoms with Crippen LogP contribution in [0.1, 0.15) is 37.2 Å². The highest BCUT2D eigenvalue weighted by molar-refractivity contribution is 5.85. The van der Waals surface area contributed by atoms with E-state index in [-0.39, 0.29) is 0 Å². The first-order valence-electron chi connectivity index (χ1n) is 7.58. The molecule has 0 saturated heterocycles. The highest BCUT2D eigenvalue weighted by Crippen LogP contribution is 2.38. The van der Waals surface area contributed by atoms with Crippen LogP contribution in [0.15, 0.2) is 42.7 Å². The van der Waals surface area contributed by atoms with Gasteiger partial charge >= 0.3 is 0 Å². The van der Waals surface area contributed by atoms with E-state index >= 15 is 0 Å². The maximum Gasteiger partial charge on any atom is 0.137 e. The van der Waals surface area contributed by atoms with E-state index in [1.807, 2.05) is 18.3 Å². The van der Waals surface area contributed by atoms with Gasteiger partial charge in [-0.1, -0.05) is 25.0 Å². The van der Waals surface area contributed by atoms with Crippen molar-refractivity contribution in [2.75, 3.05) is 0 Å². The average molecular weight is 278 g/mol. The van der Waals surface area contributed by atoms with Gasteiger partial charge in [-0.25, -0.2) is 4.98 Å². The number of rotatable bonds is 2. The fraction of sp³-hybridized carbons (Fsp3) is 0.278. The zero-order chi connectivity index (χ0) is 14.2. The summed E-state index contributed by atoms with van der Waals surface area (Å²) < 4.78 is 0. The molecular formula is C18H18N2O. The number of H-pyrrole nitrogens is 1. The van der Waals surface area contributed by atoms with E-state index in [1.165, 1.54) is 36.6 Å². The zero-order valence-corrected chi connectivity index (χ0v) is 11.8. The van der Waals surface area contributed by atoms with Gasteiger partial charge in [-0.3, -0.25) is 0 Å². The Morgan fingerprint density at radius 2 is 1.81 bits per heavy atom. The molecule has 3 nitrogen and oxygen atoms in total. The summed E-state index contributed by atoms with van der Waals surface area (Å²) in [6.07, 6.45) is 9.27. The van der Waals surface area contributed by atoms with Crippen LogP contribution in [0.4, 0.5) is 0 Å². The molecular weight excluding hydrogens is 260 g/mol. The Morgan fingerprint density at radius 3 is 2.57 bits per heavy atom. The predicted octanol–water partition coefficient (Wildman–Crippen LogP) is 4.59. The summed E-state index contributed by atoms with van der Waals surface area (Å²) in [5.74, 6) is 0.969. The van der Waals surface area contributed by atoms with Crippen LogP contribution in [0.25, 0.3) is 22.2 Å². The van der Waals surface area contributed by atoms with Crippen molar-refractivity contribution in [3.8, 4) is 16.9 Å². The summed E-state index contributed by atoms with van der Waals surface area (Å²) in [5, 5.41) is 10.7. The monoisotopic (exact) mass is 278 g/mol. The second kappa shape index (κ2) is 4.92. The van der Waals surface area contributed by atoms with Crippen LogP contribution in [-0.4, -0.2) is 15.1 Å². The number of phenols is 1. The average Bonchev–Trinajstić information content (AvgIpc) is 3.16. The van der Waals surface area contributed by atoms with Crippen molar-refractivity contribution in [2.45, 2.75) is 31.6 Å². The Morgan fingerprint density at radius 1 is 1.05 bits per heavy atom. The fourth-order valence-electron chi connectivity index (χ4n) is 3.41. The van der Waals surface area contributed by atoms with Gasteiger partial charge in [0, 0.05) is 23.3 Å². The molecule has 3 aromatic rings. The third-order valence-corrected chi connectivity index (χ3v) is 4.56. The number of aromatic nitrogens is 2. The van der Waals surface area contributed by atoms with Crippen molar-refractivity contribution in [3.63, 3.8) is 0 Å². The molecule has 0 radical (unpaired) electrons. The smallest absolute Gasteiger partial charge is 0.137 e. The molecule has 1 fully saturated rings. The van der Waals surface area contributed by atoms with Gasteiger partial charge in [-0.05, 0) is 48.1 Å². The molecule has 0 spiro atoms. The SMILES string of the molecule is Oc1ccc(-c2cnc3[nH]cc(C4CCCC4)c3c2)cc1. The van der Waals surface area contributed by atoms with Gasteiger partial charge in [0.1, 0.15) is 11.4 Å². The lowest BCUT2D eigenvalue weighted by Crippen LogP contribution is -1.90. The van der Waals surface area contributed by atoms with E-state index in [9.17, 15) is 5.11 Å². The molecule has 1 aliphatic carbocycles. The third kappa shape index (κ3) is 2.19. The molecule has 0 unspecified atom stereocenters. The number of hydrogen-bond donors (Lipinski definition) is 2. The normalized spacial score (nSPS) is 15.8. The summed E-state index contributed by atoms with van der Waals surface area (Å²) >= 11 is 0. The number of aromatic hydroxyl groups is 1. The summed E-state index contributed by atoms with van der Waals surface area (Å²) in [5.41, 5.74) is 4.57. The first-order valence-corrected chi connectivity index (χ1v) is 7.58. The molecule has 4 rings (SSSR count). The quantitative estimate of drug-likeness (QED) is 0.720. The Balaban J connectivity index is 1.80. The Bertz CT molecular complexity index is 768. The number of phenolic OH excluding ortho intramolecular Hbond substituents is 1. The summed E-state index contributed by atoms with van der Waals surface area (Å²) in [6.45, 7) is 0. The van der Waals surface area contributed by atoms with Crippen molar-refractivity contribution < 1.29 is 5.11 Å². The Labute approximate surface area is 123 Å². The number of fused-ring (bicyclic) bond motifs is 1. The summed E-state index contributed by atoms with van der Waals surface area (Å²) in [6, 6.07) is 9.52. The second-order valence-electron chi connectivity index (χ2n) is 5.89. The largest absolute Gasteiger partial charge is 0.508 e. The van der Waals surface area contributed by atoms with E-state index < -0.39 is 0 Å². The Kier molecular flexibility index (Phi) is 2.92. The molecule has 2 heterocycles. The van der Waals surface area contributed by atoms with Crippen LogP contribution >= 0.6 is 0 Å². The standard InChI is InChI=1S/C18H18N2O/c21-15-7-5-12(6-8-15)14-9-16-17(13-3-1-2-4-13)11-20-18(16)19-10-14/h5-11,13,21H,1-4H2,(H,19,20). The van der Waals surface area contributed by atoms with Crippen molar-refractivity contribution in [2.24, 2.45) is 0 Å². The molecule has 0 bridgehead atoms. The molecule has 2 aromatic heterocycles. The molecule has 0 amide bonds. The van der Waals surface area contributed by atoms with Gasteiger partial charge in [0.15, 0.2) is 0 Å². The van der Waals surface area contributed by atoms with E-state index in [4.69, 9.17) is 0 Å². The minimum Gasteiger partial charge on any atom is -0.508 e. The number of pyridine rings is 1. The summed E-state index contributed by atoms with van der Waals surface area (Å²) in [7, 11) is 0. The van der Waals surface area contributed by atoms with E-state index in [0.29, 0.717) is 11.7 Å². The molecule has 3 heteroatoms. The lowest BCUT2D eigenvalue weighted by molar-refractivity contribution is 0.475. The lowest BCUT2D eigenvalue weighted by atomic mass is 9.96. The summed E-state index contributed by atoms with van der Waals surface area (Å²) in [4.78, 5) is 7.86. The van der Waals surface area contributed by atoms with Crippen molar-refractivity contribution >= 4 is 11.0 Å². The zero-order valence-electron chi connectivity index (χ0n) is 11.8. The predicted molar refractivity (Wildman–Crippen MR) is 84.4 cm³/mol. The van der Waals surface area contributed by atoms with Crippen LogP contribution < -0.4 is 0 Å². The molecule has 2 N–H and O–H groups in total. The lowest BCUT2D eigenvalue weighted by Gasteiger charge is -2.08. The fourth-order valence-corrected chi connectivity index (χ4v) is 3.41.